The number of Topliss-reactive ketones (excluding diaryl/α,β-unsaturated/α-hetero) is 1. The van der Waals surface area contributed by atoms with Gasteiger partial charge in [-0.3, -0.25) is 4.79 Å². The van der Waals surface area contributed by atoms with Gasteiger partial charge in [-0.25, -0.2) is 4.98 Å². The largest absolute Gasteiger partial charge is 0.387 e. The van der Waals surface area contributed by atoms with Crippen LogP contribution in [-0.2, 0) is 24.1 Å². The van der Waals surface area contributed by atoms with Crippen LogP contribution in [0, 0.1) is 6.92 Å². The lowest BCUT2D eigenvalue weighted by Gasteiger charge is -2.12. The van der Waals surface area contributed by atoms with Gasteiger partial charge in [0.05, 0.1) is 16.8 Å². The number of aliphatic hydroxyl groups is 1. The maximum absolute atomic E-state index is 12.2. The number of aliphatic hydroxyl groups excluding tert-OH is 1. The fraction of sp³-hybridized carbons (Fsp3) is 0.304. The molecule has 0 saturated heterocycles. The molecule has 1 heterocycles. The molecule has 0 fully saturated rings. The average molecular weight is 395 g/mol. The molecule has 0 bridgehead atoms. The Hall–Kier alpha value is -2.34. The van der Waals surface area contributed by atoms with Crippen molar-refractivity contribution in [2.45, 2.75) is 32.3 Å². The van der Waals surface area contributed by atoms with E-state index in [9.17, 15) is 9.90 Å². The molecule has 146 valence electrons. The molecule has 0 aliphatic heterocycles. The van der Waals surface area contributed by atoms with Gasteiger partial charge in [0.1, 0.15) is 5.78 Å². The molecule has 0 aliphatic carbocycles. The van der Waals surface area contributed by atoms with Crippen molar-refractivity contribution in [3.8, 4) is 0 Å². The van der Waals surface area contributed by atoms with Gasteiger partial charge in [0, 0.05) is 24.8 Å². The molecular weight excluding hydrogens is 368 g/mol. The fourth-order valence-electron chi connectivity index (χ4n) is 3.07. The number of nitrogens with one attached hydrogen (secondary N) is 1. The monoisotopic (exact) mass is 394 g/mol. The lowest BCUT2D eigenvalue weighted by molar-refractivity contribution is -0.117. The molecule has 0 spiro atoms. The van der Waals surface area contributed by atoms with Crippen molar-refractivity contribution in [1.82, 2.24) is 10.3 Å². The highest BCUT2D eigenvalue weighted by atomic mass is 32.1. The molecule has 3 aromatic rings. The van der Waals surface area contributed by atoms with Gasteiger partial charge in [-0.1, -0.05) is 54.6 Å². The van der Waals surface area contributed by atoms with E-state index in [1.54, 1.807) is 11.3 Å². The zero-order valence-corrected chi connectivity index (χ0v) is 16.9. The number of aryl methyl sites for hydroxylation is 1. The lowest BCUT2D eigenvalue weighted by Crippen LogP contribution is -2.23. The Morgan fingerprint density at radius 3 is 2.46 bits per heavy atom. The van der Waals surface area contributed by atoms with E-state index >= 15 is 0 Å². The molecule has 2 aromatic carbocycles. The quantitative estimate of drug-likeness (QED) is 0.515. The highest BCUT2D eigenvalue weighted by Gasteiger charge is 2.08. The first-order valence-corrected chi connectivity index (χ1v) is 10.4. The van der Waals surface area contributed by atoms with Crippen molar-refractivity contribution >= 4 is 17.1 Å². The Balaban J connectivity index is 1.38. The summed E-state index contributed by atoms with van der Waals surface area (Å²) in [6, 6.07) is 17.9. The summed E-state index contributed by atoms with van der Waals surface area (Å²) in [5.74, 6) is 0.189. The molecule has 0 unspecified atom stereocenters. The molecular formula is C23H26N2O2S. The van der Waals surface area contributed by atoms with Gasteiger partial charge in [-0.15, -0.1) is 11.3 Å². The molecule has 0 aliphatic rings. The molecule has 0 radical (unpaired) electrons. The minimum Gasteiger partial charge on any atom is -0.387 e. The standard InChI is InChI=1S/C23H26N2O2S/c1-17-25-21(16-28-17)14-22(26)13-19-9-7-18(8-10-19)11-12-24-15-23(27)20-5-3-2-4-6-20/h2-10,16,23-24,27H,11-15H2,1H3/t23-/m0/s1. The number of hydrogen-bond acceptors (Lipinski definition) is 5. The number of thiazole rings is 1. The molecule has 28 heavy (non-hydrogen) atoms. The van der Waals surface area contributed by atoms with Gasteiger partial charge in [-0.05, 0) is 36.6 Å². The highest BCUT2D eigenvalue weighted by molar-refractivity contribution is 7.09. The van der Waals surface area contributed by atoms with Crippen molar-refractivity contribution in [3.63, 3.8) is 0 Å². The van der Waals surface area contributed by atoms with Crippen molar-refractivity contribution < 1.29 is 9.90 Å². The van der Waals surface area contributed by atoms with E-state index in [0.29, 0.717) is 19.4 Å². The van der Waals surface area contributed by atoms with Gasteiger partial charge in [-0.2, -0.15) is 0 Å². The van der Waals surface area contributed by atoms with Gasteiger partial charge >= 0.3 is 0 Å². The van der Waals surface area contributed by atoms with Gasteiger partial charge < -0.3 is 10.4 Å². The van der Waals surface area contributed by atoms with Gasteiger partial charge in [0.2, 0.25) is 0 Å². The van der Waals surface area contributed by atoms with E-state index in [-0.39, 0.29) is 5.78 Å². The molecule has 0 saturated carbocycles. The topological polar surface area (TPSA) is 62.2 Å². The predicted octanol–water partition coefficient (Wildman–Crippen LogP) is 3.67. The Kier molecular flexibility index (Phi) is 7.48. The minimum absolute atomic E-state index is 0.189. The van der Waals surface area contributed by atoms with Crippen LogP contribution >= 0.6 is 11.3 Å². The number of benzene rings is 2. The number of rotatable bonds is 10. The summed E-state index contributed by atoms with van der Waals surface area (Å²) in [7, 11) is 0. The first kappa shape index (κ1) is 20.4. The zero-order valence-electron chi connectivity index (χ0n) is 16.1. The number of carbonyl (C=O) groups is 1. The zero-order chi connectivity index (χ0) is 19.8. The first-order chi connectivity index (χ1) is 13.6. The van der Waals surface area contributed by atoms with Crippen molar-refractivity contribution in [3.05, 3.63) is 87.4 Å². The SMILES string of the molecule is Cc1nc(CC(=O)Cc2ccc(CCNC[C@H](O)c3ccccc3)cc2)cs1. The first-order valence-electron chi connectivity index (χ1n) is 9.54. The normalized spacial score (nSPS) is 12.1. The summed E-state index contributed by atoms with van der Waals surface area (Å²) < 4.78 is 0. The van der Waals surface area contributed by atoms with E-state index in [1.165, 1.54) is 5.56 Å². The van der Waals surface area contributed by atoms with Crippen LogP contribution < -0.4 is 5.32 Å². The second-order valence-corrected chi connectivity index (χ2v) is 8.01. The Morgan fingerprint density at radius 1 is 1.07 bits per heavy atom. The van der Waals surface area contributed by atoms with Crippen LogP contribution in [0.4, 0.5) is 0 Å². The molecule has 2 N–H and O–H groups in total. The summed E-state index contributed by atoms with van der Waals surface area (Å²) in [6.07, 6.45) is 1.24. The number of nitrogens with zero attached hydrogens (tertiary/aromatic N) is 1. The third kappa shape index (κ3) is 6.37. The lowest BCUT2D eigenvalue weighted by atomic mass is 10.0. The Morgan fingerprint density at radius 2 is 1.79 bits per heavy atom. The minimum atomic E-state index is -0.490. The smallest absolute Gasteiger partial charge is 0.143 e. The van der Waals surface area contributed by atoms with E-state index in [2.05, 4.69) is 22.4 Å². The van der Waals surface area contributed by atoms with Crippen LogP contribution in [-0.4, -0.2) is 29.0 Å². The van der Waals surface area contributed by atoms with Crippen LogP contribution in [0.5, 0.6) is 0 Å². The third-order valence-electron chi connectivity index (χ3n) is 4.58. The number of hydrogen-bond donors (Lipinski definition) is 2. The van der Waals surface area contributed by atoms with Crippen LogP contribution in [0.25, 0.3) is 0 Å². The summed E-state index contributed by atoms with van der Waals surface area (Å²) >= 11 is 1.58. The maximum atomic E-state index is 12.2. The average Bonchev–Trinajstić information content (AvgIpc) is 3.11. The number of aromatic nitrogens is 1. The molecule has 5 heteroatoms. The van der Waals surface area contributed by atoms with Crippen LogP contribution in [0.3, 0.4) is 0 Å². The summed E-state index contributed by atoms with van der Waals surface area (Å²) in [4.78, 5) is 16.6. The van der Waals surface area contributed by atoms with Gasteiger partial charge in [0.15, 0.2) is 0 Å². The fourth-order valence-corrected chi connectivity index (χ4v) is 3.68. The van der Waals surface area contributed by atoms with E-state index in [4.69, 9.17) is 0 Å². The van der Waals surface area contributed by atoms with Gasteiger partial charge in [0.25, 0.3) is 0 Å². The van der Waals surface area contributed by atoms with Crippen molar-refractivity contribution in [1.29, 1.82) is 0 Å². The molecule has 3 rings (SSSR count). The number of carbonyl (C=O) groups excluding carboxylic acids is 1. The Bertz CT molecular complexity index is 875. The molecule has 4 nitrogen and oxygen atoms in total. The maximum Gasteiger partial charge on any atom is 0.143 e. The summed E-state index contributed by atoms with van der Waals surface area (Å²) in [5, 5.41) is 16.4. The predicted molar refractivity (Wildman–Crippen MR) is 114 cm³/mol. The van der Waals surface area contributed by atoms with E-state index < -0.39 is 6.10 Å². The Labute approximate surface area is 170 Å². The third-order valence-corrected chi connectivity index (χ3v) is 5.40. The summed E-state index contributed by atoms with van der Waals surface area (Å²) in [5.41, 5.74) is 4.05. The second kappa shape index (κ2) is 10.3. The van der Waals surface area contributed by atoms with Crippen molar-refractivity contribution in [2.75, 3.05) is 13.1 Å². The second-order valence-electron chi connectivity index (χ2n) is 6.95. The van der Waals surface area contributed by atoms with Crippen LogP contribution in [0.15, 0.2) is 60.0 Å². The molecule has 1 atom stereocenters. The van der Waals surface area contributed by atoms with Crippen LogP contribution in [0.2, 0.25) is 0 Å². The summed E-state index contributed by atoms with van der Waals surface area (Å²) in [6.45, 7) is 3.28. The van der Waals surface area contributed by atoms with Crippen LogP contribution in [0.1, 0.15) is 33.5 Å². The highest BCUT2D eigenvalue weighted by Crippen LogP contribution is 2.12. The molecule has 0 amide bonds. The van der Waals surface area contributed by atoms with Crippen molar-refractivity contribution in [2.24, 2.45) is 0 Å². The molecule has 1 aromatic heterocycles. The number of ketones is 1. The van der Waals surface area contributed by atoms with E-state index in [0.717, 1.165) is 34.8 Å². The van der Waals surface area contributed by atoms with E-state index in [1.807, 2.05) is 54.8 Å².